The second-order valence-corrected chi connectivity index (χ2v) is 8.41. The number of benzene rings is 1. The number of sulfonamides is 1. The second kappa shape index (κ2) is 8.83. The number of nitrogens with one attached hydrogen (secondary N) is 1. The van der Waals surface area contributed by atoms with Crippen molar-refractivity contribution in [3.63, 3.8) is 0 Å². The summed E-state index contributed by atoms with van der Waals surface area (Å²) in [7, 11) is -3.59. The Morgan fingerprint density at radius 1 is 1.21 bits per heavy atom. The minimum atomic E-state index is -3.59. The standard InChI is InChI=1S/C17H25ClN2O3S/c1-2-3-10-19-17(21)15-13-14(8-9-16(15)18)24(22,23)20-11-6-4-5-7-12-20/h8-9,13H,2-7,10-12H2,1H3,(H,19,21). The molecule has 0 radical (unpaired) electrons. The number of halogens is 1. The second-order valence-electron chi connectivity index (χ2n) is 6.07. The zero-order valence-corrected chi connectivity index (χ0v) is 15.6. The summed E-state index contributed by atoms with van der Waals surface area (Å²) in [5.74, 6) is -0.332. The van der Waals surface area contributed by atoms with Crippen molar-refractivity contribution in [1.82, 2.24) is 9.62 Å². The van der Waals surface area contributed by atoms with Gasteiger partial charge in [0.2, 0.25) is 10.0 Å². The summed E-state index contributed by atoms with van der Waals surface area (Å²) in [5, 5.41) is 3.04. The number of rotatable bonds is 6. The molecule has 1 aromatic rings. The van der Waals surface area contributed by atoms with Gasteiger partial charge in [-0.25, -0.2) is 8.42 Å². The Morgan fingerprint density at radius 2 is 1.88 bits per heavy atom. The molecule has 7 heteroatoms. The van der Waals surface area contributed by atoms with Crippen LogP contribution in [0.4, 0.5) is 0 Å². The first-order valence-electron chi connectivity index (χ1n) is 8.54. The average Bonchev–Trinajstić information content (AvgIpc) is 2.85. The smallest absolute Gasteiger partial charge is 0.252 e. The summed E-state index contributed by atoms with van der Waals surface area (Å²) in [5.41, 5.74) is 0.212. The summed E-state index contributed by atoms with van der Waals surface area (Å²) in [6.07, 6.45) is 5.69. The van der Waals surface area contributed by atoms with Gasteiger partial charge in [-0.2, -0.15) is 4.31 Å². The predicted molar refractivity (Wildman–Crippen MR) is 95.9 cm³/mol. The monoisotopic (exact) mass is 372 g/mol. The highest BCUT2D eigenvalue weighted by molar-refractivity contribution is 7.89. The van der Waals surface area contributed by atoms with Gasteiger partial charge in [0.05, 0.1) is 15.5 Å². The Kier molecular flexibility index (Phi) is 7.07. The number of hydrogen-bond acceptors (Lipinski definition) is 3. The molecule has 0 bridgehead atoms. The molecule has 1 fully saturated rings. The maximum absolute atomic E-state index is 12.8. The molecule has 0 aliphatic carbocycles. The molecule has 0 unspecified atom stereocenters. The Bertz CT molecular complexity index is 668. The quantitative estimate of drug-likeness (QED) is 0.778. The van der Waals surface area contributed by atoms with E-state index < -0.39 is 10.0 Å². The normalized spacial score (nSPS) is 16.6. The fourth-order valence-corrected chi connectivity index (χ4v) is 4.49. The van der Waals surface area contributed by atoms with E-state index in [4.69, 9.17) is 11.6 Å². The highest BCUT2D eigenvalue weighted by Gasteiger charge is 2.26. The molecule has 1 aromatic carbocycles. The van der Waals surface area contributed by atoms with Crippen molar-refractivity contribution in [3.8, 4) is 0 Å². The van der Waals surface area contributed by atoms with E-state index in [1.54, 1.807) is 0 Å². The molecular weight excluding hydrogens is 348 g/mol. The van der Waals surface area contributed by atoms with E-state index in [-0.39, 0.29) is 21.4 Å². The van der Waals surface area contributed by atoms with E-state index in [0.29, 0.717) is 19.6 Å². The van der Waals surface area contributed by atoms with Crippen LogP contribution >= 0.6 is 11.6 Å². The first-order chi connectivity index (χ1) is 11.5. The van der Waals surface area contributed by atoms with Crippen LogP contribution in [0.25, 0.3) is 0 Å². The molecule has 1 N–H and O–H groups in total. The van der Waals surface area contributed by atoms with Crippen LogP contribution in [-0.4, -0.2) is 38.3 Å². The lowest BCUT2D eigenvalue weighted by atomic mass is 10.2. The first kappa shape index (κ1) is 19.2. The molecule has 0 aromatic heterocycles. The Balaban J connectivity index is 2.24. The molecule has 0 saturated carbocycles. The van der Waals surface area contributed by atoms with Crippen molar-refractivity contribution >= 4 is 27.5 Å². The Morgan fingerprint density at radius 3 is 2.50 bits per heavy atom. The number of unbranched alkanes of at least 4 members (excludes halogenated alkanes) is 1. The van der Waals surface area contributed by atoms with Gasteiger partial charge in [0.1, 0.15) is 0 Å². The molecule has 1 heterocycles. The van der Waals surface area contributed by atoms with Crippen molar-refractivity contribution in [2.45, 2.75) is 50.3 Å². The maximum Gasteiger partial charge on any atom is 0.252 e. The predicted octanol–water partition coefficient (Wildman–Crippen LogP) is 3.43. The van der Waals surface area contributed by atoms with Crippen LogP contribution < -0.4 is 5.32 Å². The Labute approximate surface area is 149 Å². The average molecular weight is 373 g/mol. The molecule has 0 spiro atoms. The van der Waals surface area contributed by atoms with Crippen molar-refractivity contribution in [3.05, 3.63) is 28.8 Å². The van der Waals surface area contributed by atoms with E-state index in [1.807, 2.05) is 6.92 Å². The van der Waals surface area contributed by atoms with Crippen LogP contribution in [0.1, 0.15) is 55.8 Å². The number of carbonyl (C=O) groups excluding carboxylic acids is 1. The fraction of sp³-hybridized carbons (Fsp3) is 0.588. The van der Waals surface area contributed by atoms with Gasteiger partial charge in [-0.15, -0.1) is 0 Å². The zero-order valence-electron chi connectivity index (χ0n) is 14.1. The van der Waals surface area contributed by atoms with Crippen LogP contribution in [0.15, 0.2) is 23.1 Å². The van der Waals surface area contributed by atoms with Crippen LogP contribution in [0, 0.1) is 0 Å². The third-order valence-corrected chi connectivity index (χ3v) is 6.43. The number of carbonyl (C=O) groups is 1. The molecule has 1 saturated heterocycles. The summed E-state index contributed by atoms with van der Waals surface area (Å²) >= 11 is 6.10. The molecular formula is C17H25ClN2O3S. The molecule has 2 rings (SSSR count). The van der Waals surface area contributed by atoms with E-state index in [1.165, 1.54) is 22.5 Å². The van der Waals surface area contributed by atoms with Crippen LogP contribution in [0.3, 0.4) is 0 Å². The maximum atomic E-state index is 12.8. The SMILES string of the molecule is CCCCNC(=O)c1cc(S(=O)(=O)N2CCCCCC2)ccc1Cl. The van der Waals surface area contributed by atoms with E-state index in [2.05, 4.69) is 5.32 Å². The van der Waals surface area contributed by atoms with Gasteiger partial charge in [-0.05, 0) is 37.5 Å². The summed E-state index contributed by atoms with van der Waals surface area (Å²) in [4.78, 5) is 12.4. The lowest BCUT2D eigenvalue weighted by molar-refractivity contribution is 0.0953. The summed E-state index contributed by atoms with van der Waals surface area (Å²) < 4.78 is 27.2. The first-order valence-corrected chi connectivity index (χ1v) is 10.4. The van der Waals surface area contributed by atoms with Gasteiger partial charge < -0.3 is 5.32 Å². The van der Waals surface area contributed by atoms with Gasteiger partial charge in [-0.1, -0.05) is 37.8 Å². The molecule has 1 amide bonds. The summed E-state index contributed by atoms with van der Waals surface area (Å²) in [6.45, 7) is 3.65. The van der Waals surface area contributed by atoms with Crippen molar-refractivity contribution in [1.29, 1.82) is 0 Å². The molecule has 24 heavy (non-hydrogen) atoms. The Hall–Kier alpha value is -1.11. The van der Waals surface area contributed by atoms with E-state index >= 15 is 0 Å². The molecule has 1 aliphatic rings. The third-order valence-electron chi connectivity index (χ3n) is 4.20. The summed E-state index contributed by atoms with van der Waals surface area (Å²) in [6, 6.07) is 4.36. The third kappa shape index (κ3) is 4.71. The van der Waals surface area contributed by atoms with Crippen LogP contribution in [0.5, 0.6) is 0 Å². The molecule has 1 aliphatic heterocycles. The molecule has 0 atom stereocenters. The highest BCUT2D eigenvalue weighted by atomic mass is 35.5. The van der Waals surface area contributed by atoms with Gasteiger partial charge in [0, 0.05) is 19.6 Å². The van der Waals surface area contributed by atoms with Gasteiger partial charge in [0.25, 0.3) is 5.91 Å². The highest BCUT2D eigenvalue weighted by Crippen LogP contribution is 2.25. The van der Waals surface area contributed by atoms with Crippen molar-refractivity contribution in [2.75, 3.05) is 19.6 Å². The number of amides is 1. The van der Waals surface area contributed by atoms with E-state index in [9.17, 15) is 13.2 Å². The lowest BCUT2D eigenvalue weighted by Crippen LogP contribution is -2.32. The number of hydrogen-bond donors (Lipinski definition) is 1. The minimum absolute atomic E-state index is 0.134. The zero-order chi connectivity index (χ0) is 17.6. The minimum Gasteiger partial charge on any atom is -0.352 e. The molecule has 134 valence electrons. The van der Waals surface area contributed by atoms with Crippen molar-refractivity contribution in [2.24, 2.45) is 0 Å². The van der Waals surface area contributed by atoms with Gasteiger partial charge >= 0.3 is 0 Å². The molecule has 5 nitrogen and oxygen atoms in total. The lowest BCUT2D eigenvalue weighted by Gasteiger charge is -2.20. The largest absolute Gasteiger partial charge is 0.352 e. The van der Waals surface area contributed by atoms with Gasteiger partial charge in [-0.3, -0.25) is 4.79 Å². The van der Waals surface area contributed by atoms with Crippen LogP contribution in [0.2, 0.25) is 5.02 Å². The fourth-order valence-electron chi connectivity index (χ4n) is 2.74. The van der Waals surface area contributed by atoms with Crippen molar-refractivity contribution < 1.29 is 13.2 Å². The van der Waals surface area contributed by atoms with E-state index in [0.717, 1.165) is 38.5 Å². The van der Waals surface area contributed by atoms with Gasteiger partial charge in [0.15, 0.2) is 0 Å². The topological polar surface area (TPSA) is 66.5 Å². The van der Waals surface area contributed by atoms with Crippen LogP contribution in [-0.2, 0) is 10.0 Å². The number of nitrogens with zero attached hydrogens (tertiary/aromatic N) is 1.